The molecule has 1 aromatic carbocycles. The molecule has 0 fully saturated rings. The molecule has 1 aromatic rings. The molecule has 4 heteroatoms. The van der Waals surface area contributed by atoms with Gasteiger partial charge in [-0.25, -0.2) is 0 Å². The van der Waals surface area contributed by atoms with Gasteiger partial charge in [0.25, 0.3) is 0 Å². The third-order valence-corrected chi connectivity index (χ3v) is 2.77. The molecule has 19 heavy (non-hydrogen) atoms. The van der Waals surface area contributed by atoms with Crippen molar-refractivity contribution < 1.29 is 19.0 Å². The fourth-order valence-electron chi connectivity index (χ4n) is 1.51. The summed E-state index contributed by atoms with van der Waals surface area (Å²) in [6.45, 7) is 7.33. The quantitative estimate of drug-likeness (QED) is 0.784. The number of carbonyl (C=O) groups is 1. The molecule has 106 valence electrons. The van der Waals surface area contributed by atoms with E-state index >= 15 is 0 Å². The average Bonchev–Trinajstić information content (AvgIpc) is 2.36. The van der Waals surface area contributed by atoms with Crippen LogP contribution in [0.1, 0.15) is 39.4 Å². The summed E-state index contributed by atoms with van der Waals surface area (Å²) in [5, 5.41) is 0. The smallest absolute Gasteiger partial charge is 0.311 e. The van der Waals surface area contributed by atoms with Crippen LogP contribution in [0, 0.1) is 5.41 Å². The predicted molar refractivity (Wildman–Crippen MR) is 73.5 cm³/mol. The molecule has 0 saturated carbocycles. The van der Waals surface area contributed by atoms with E-state index in [1.165, 1.54) is 0 Å². The molecular weight excluding hydrogens is 244 g/mol. The highest BCUT2D eigenvalue weighted by Gasteiger charge is 2.25. The van der Waals surface area contributed by atoms with Gasteiger partial charge in [0.1, 0.15) is 6.10 Å². The number of methoxy groups -OCH3 is 2. The topological polar surface area (TPSA) is 44.8 Å². The highest BCUT2D eigenvalue weighted by atomic mass is 16.5. The molecule has 0 aromatic heterocycles. The normalized spacial score (nSPS) is 12.7. The van der Waals surface area contributed by atoms with E-state index in [-0.39, 0.29) is 12.1 Å². The van der Waals surface area contributed by atoms with Gasteiger partial charge in [0.2, 0.25) is 0 Å². The molecule has 1 unspecified atom stereocenters. The van der Waals surface area contributed by atoms with Gasteiger partial charge in [-0.15, -0.1) is 0 Å². The van der Waals surface area contributed by atoms with Crippen molar-refractivity contribution in [1.29, 1.82) is 0 Å². The first-order valence-electron chi connectivity index (χ1n) is 6.22. The van der Waals surface area contributed by atoms with Crippen LogP contribution in [0.4, 0.5) is 0 Å². The van der Waals surface area contributed by atoms with E-state index in [0.29, 0.717) is 11.5 Å². The minimum atomic E-state index is -0.509. The van der Waals surface area contributed by atoms with E-state index in [1.54, 1.807) is 20.3 Å². The number of esters is 1. The molecule has 0 radical (unpaired) electrons. The monoisotopic (exact) mass is 266 g/mol. The van der Waals surface area contributed by atoms with Crippen molar-refractivity contribution in [2.75, 3.05) is 14.2 Å². The Labute approximate surface area is 114 Å². The van der Waals surface area contributed by atoms with E-state index in [1.807, 2.05) is 39.8 Å². The summed E-state index contributed by atoms with van der Waals surface area (Å²) >= 11 is 0. The van der Waals surface area contributed by atoms with E-state index in [0.717, 1.165) is 5.56 Å². The number of ether oxygens (including phenoxy) is 3. The summed E-state index contributed by atoms with van der Waals surface area (Å²) in [5.74, 6) is 1.05. The van der Waals surface area contributed by atoms with Crippen molar-refractivity contribution in [3.63, 3.8) is 0 Å². The highest BCUT2D eigenvalue weighted by Crippen LogP contribution is 2.31. The first-order valence-corrected chi connectivity index (χ1v) is 6.22. The van der Waals surface area contributed by atoms with Gasteiger partial charge >= 0.3 is 5.97 Å². The van der Waals surface area contributed by atoms with Crippen LogP contribution in [-0.2, 0) is 9.53 Å². The van der Waals surface area contributed by atoms with E-state index < -0.39 is 5.41 Å². The van der Waals surface area contributed by atoms with Crippen LogP contribution in [0.25, 0.3) is 0 Å². The Hall–Kier alpha value is -1.71. The summed E-state index contributed by atoms with van der Waals surface area (Å²) in [7, 11) is 3.16. The first kappa shape index (κ1) is 15.3. The van der Waals surface area contributed by atoms with E-state index in [9.17, 15) is 4.79 Å². The van der Waals surface area contributed by atoms with Gasteiger partial charge in [-0.05, 0) is 45.4 Å². The zero-order chi connectivity index (χ0) is 14.6. The number of hydrogen-bond donors (Lipinski definition) is 0. The van der Waals surface area contributed by atoms with Gasteiger partial charge in [-0.1, -0.05) is 6.07 Å². The number of rotatable bonds is 4. The fourth-order valence-corrected chi connectivity index (χ4v) is 1.51. The maximum atomic E-state index is 11.8. The maximum absolute atomic E-state index is 11.8. The van der Waals surface area contributed by atoms with Gasteiger partial charge in [0.15, 0.2) is 11.5 Å². The fraction of sp³-hybridized carbons (Fsp3) is 0.533. The Bertz CT molecular complexity index is 446. The Morgan fingerprint density at radius 2 is 1.68 bits per heavy atom. The predicted octanol–water partition coefficient (Wildman–Crippen LogP) is 3.35. The summed E-state index contributed by atoms with van der Waals surface area (Å²) in [6, 6.07) is 5.48. The molecule has 0 aliphatic heterocycles. The van der Waals surface area contributed by atoms with Crippen LogP contribution in [0.15, 0.2) is 18.2 Å². The van der Waals surface area contributed by atoms with Crippen LogP contribution in [0.5, 0.6) is 11.5 Å². The van der Waals surface area contributed by atoms with Crippen LogP contribution in [0.2, 0.25) is 0 Å². The molecule has 1 rings (SSSR count). The van der Waals surface area contributed by atoms with Gasteiger partial charge < -0.3 is 14.2 Å². The SMILES string of the molecule is COc1ccc(C(C)OC(=O)C(C)(C)C)cc1OC. The van der Waals surface area contributed by atoms with Crippen molar-refractivity contribution in [1.82, 2.24) is 0 Å². The van der Waals surface area contributed by atoms with Crippen molar-refractivity contribution in [3.05, 3.63) is 23.8 Å². The largest absolute Gasteiger partial charge is 0.493 e. The third kappa shape index (κ3) is 3.88. The van der Waals surface area contributed by atoms with Crippen LogP contribution >= 0.6 is 0 Å². The average molecular weight is 266 g/mol. The number of carbonyl (C=O) groups excluding carboxylic acids is 1. The molecule has 1 atom stereocenters. The molecule has 0 N–H and O–H groups in total. The molecular formula is C15H22O4. The number of benzene rings is 1. The molecule has 0 amide bonds. The van der Waals surface area contributed by atoms with E-state index in [2.05, 4.69) is 0 Å². The lowest BCUT2D eigenvalue weighted by molar-refractivity contribution is -0.158. The lowest BCUT2D eigenvalue weighted by atomic mass is 9.97. The lowest BCUT2D eigenvalue weighted by Crippen LogP contribution is -2.24. The maximum Gasteiger partial charge on any atom is 0.311 e. The van der Waals surface area contributed by atoms with Gasteiger partial charge in [-0.2, -0.15) is 0 Å². The molecule has 0 aliphatic carbocycles. The summed E-state index contributed by atoms with van der Waals surface area (Å²) in [5.41, 5.74) is 0.361. The first-order chi connectivity index (χ1) is 8.79. The van der Waals surface area contributed by atoms with Gasteiger partial charge in [0, 0.05) is 0 Å². The second-order valence-electron chi connectivity index (χ2n) is 5.41. The van der Waals surface area contributed by atoms with Gasteiger partial charge in [0.05, 0.1) is 19.6 Å². The molecule has 0 heterocycles. The Kier molecular flexibility index (Phi) is 4.81. The Morgan fingerprint density at radius 1 is 1.11 bits per heavy atom. The van der Waals surface area contributed by atoms with Crippen LogP contribution in [0.3, 0.4) is 0 Å². The summed E-state index contributed by atoms with van der Waals surface area (Å²) in [4.78, 5) is 11.8. The van der Waals surface area contributed by atoms with E-state index in [4.69, 9.17) is 14.2 Å². The Morgan fingerprint density at radius 3 is 2.16 bits per heavy atom. The highest BCUT2D eigenvalue weighted by molar-refractivity contribution is 5.75. The van der Waals surface area contributed by atoms with Crippen molar-refractivity contribution >= 4 is 5.97 Å². The molecule has 0 saturated heterocycles. The Balaban J connectivity index is 2.89. The second kappa shape index (κ2) is 5.95. The summed E-state index contributed by atoms with van der Waals surface area (Å²) < 4.78 is 15.8. The third-order valence-electron chi connectivity index (χ3n) is 2.77. The van der Waals surface area contributed by atoms with Crippen molar-refractivity contribution in [2.24, 2.45) is 5.41 Å². The molecule has 0 bridgehead atoms. The molecule has 0 spiro atoms. The van der Waals surface area contributed by atoms with Crippen LogP contribution in [-0.4, -0.2) is 20.2 Å². The van der Waals surface area contributed by atoms with Crippen molar-refractivity contribution in [3.8, 4) is 11.5 Å². The standard InChI is InChI=1S/C15H22O4/c1-10(19-14(16)15(2,3)4)11-7-8-12(17-5)13(9-11)18-6/h7-10H,1-6H3. The summed E-state index contributed by atoms with van der Waals surface area (Å²) in [6.07, 6.45) is -0.327. The lowest BCUT2D eigenvalue weighted by Gasteiger charge is -2.21. The minimum Gasteiger partial charge on any atom is -0.493 e. The zero-order valence-corrected chi connectivity index (χ0v) is 12.4. The zero-order valence-electron chi connectivity index (χ0n) is 12.4. The number of hydrogen-bond acceptors (Lipinski definition) is 4. The van der Waals surface area contributed by atoms with Gasteiger partial charge in [-0.3, -0.25) is 4.79 Å². The second-order valence-corrected chi connectivity index (χ2v) is 5.41. The van der Waals surface area contributed by atoms with Crippen molar-refractivity contribution in [2.45, 2.75) is 33.8 Å². The molecule has 4 nitrogen and oxygen atoms in total. The molecule has 0 aliphatic rings. The van der Waals surface area contributed by atoms with Crippen LogP contribution < -0.4 is 9.47 Å². The minimum absolute atomic E-state index is 0.227.